The molecule has 1 aliphatic carbocycles. The molecule has 1 aliphatic rings. The predicted octanol–water partition coefficient (Wildman–Crippen LogP) is 2.02. The predicted molar refractivity (Wildman–Crippen MR) is 71.0 cm³/mol. The molecule has 1 saturated carbocycles. The zero-order chi connectivity index (χ0) is 12.7. The highest BCUT2D eigenvalue weighted by molar-refractivity contribution is 4.74. The Morgan fingerprint density at radius 3 is 2.41 bits per heavy atom. The Morgan fingerprint density at radius 2 is 1.88 bits per heavy atom. The minimum atomic E-state index is -0.195. The van der Waals surface area contributed by atoms with Gasteiger partial charge in [0.25, 0.3) is 0 Å². The van der Waals surface area contributed by atoms with Crippen LogP contribution in [0.3, 0.4) is 0 Å². The van der Waals surface area contributed by atoms with Crippen LogP contribution in [0.4, 0.5) is 0 Å². The van der Waals surface area contributed by atoms with Gasteiger partial charge >= 0.3 is 0 Å². The fourth-order valence-corrected chi connectivity index (χ4v) is 2.81. The lowest BCUT2D eigenvalue weighted by Gasteiger charge is -2.29. The molecule has 1 rings (SSSR count). The van der Waals surface area contributed by atoms with Crippen molar-refractivity contribution in [3.8, 4) is 0 Å². The Morgan fingerprint density at radius 1 is 1.24 bits per heavy atom. The van der Waals surface area contributed by atoms with Crippen molar-refractivity contribution in [2.45, 2.75) is 64.5 Å². The molecule has 0 aliphatic heterocycles. The average molecular weight is 243 g/mol. The first-order valence-corrected chi connectivity index (χ1v) is 7.16. The van der Waals surface area contributed by atoms with Crippen molar-refractivity contribution in [1.82, 2.24) is 4.90 Å². The van der Waals surface area contributed by atoms with E-state index in [0.717, 1.165) is 31.8 Å². The van der Waals surface area contributed by atoms with Crippen LogP contribution in [-0.2, 0) is 0 Å². The quantitative estimate of drug-likeness (QED) is 0.685. The maximum Gasteiger partial charge on any atom is 0.0669 e. The third-order valence-corrected chi connectivity index (χ3v) is 3.86. The lowest BCUT2D eigenvalue weighted by molar-refractivity contribution is 0.0734. The maximum absolute atomic E-state index is 10.1. The van der Waals surface area contributed by atoms with Gasteiger partial charge in [-0.3, -0.25) is 4.90 Å². The Labute approximate surface area is 106 Å². The van der Waals surface area contributed by atoms with Crippen LogP contribution >= 0.6 is 0 Å². The molecule has 17 heavy (non-hydrogen) atoms. The molecule has 0 spiro atoms. The van der Waals surface area contributed by atoms with E-state index in [-0.39, 0.29) is 12.7 Å². The number of aliphatic hydroxyl groups is 2. The van der Waals surface area contributed by atoms with Crippen LogP contribution in [0.2, 0.25) is 0 Å². The summed E-state index contributed by atoms with van der Waals surface area (Å²) in [6.07, 6.45) is 6.85. The first-order valence-electron chi connectivity index (χ1n) is 7.16. The first-order chi connectivity index (χ1) is 8.13. The lowest BCUT2D eigenvalue weighted by atomic mass is 9.99. The fraction of sp³-hybridized carbons (Fsp3) is 1.00. The minimum absolute atomic E-state index is 0.195. The lowest BCUT2D eigenvalue weighted by Crippen LogP contribution is -2.39. The molecule has 0 heterocycles. The molecule has 102 valence electrons. The van der Waals surface area contributed by atoms with Gasteiger partial charge in [0.05, 0.1) is 6.10 Å². The van der Waals surface area contributed by atoms with Gasteiger partial charge in [0.15, 0.2) is 0 Å². The number of hydrogen-bond acceptors (Lipinski definition) is 3. The topological polar surface area (TPSA) is 43.7 Å². The van der Waals surface area contributed by atoms with Gasteiger partial charge in [0.2, 0.25) is 0 Å². The SMILES string of the molecule is CC(C)N(CCCO)CC(O)CC1CCCC1. The monoisotopic (exact) mass is 243 g/mol. The third kappa shape index (κ3) is 5.84. The van der Waals surface area contributed by atoms with E-state index in [1.165, 1.54) is 25.7 Å². The molecule has 0 aromatic carbocycles. The fourth-order valence-electron chi connectivity index (χ4n) is 2.81. The summed E-state index contributed by atoms with van der Waals surface area (Å²) in [5.41, 5.74) is 0. The highest BCUT2D eigenvalue weighted by Gasteiger charge is 2.21. The molecule has 3 nitrogen and oxygen atoms in total. The molecule has 0 saturated heterocycles. The number of rotatable bonds is 8. The average Bonchev–Trinajstić information content (AvgIpc) is 2.76. The van der Waals surface area contributed by atoms with Gasteiger partial charge in [-0.2, -0.15) is 0 Å². The number of hydrogen-bond donors (Lipinski definition) is 2. The zero-order valence-electron chi connectivity index (χ0n) is 11.4. The van der Waals surface area contributed by atoms with E-state index in [2.05, 4.69) is 18.7 Å². The van der Waals surface area contributed by atoms with E-state index in [1.54, 1.807) is 0 Å². The van der Waals surface area contributed by atoms with E-state index >= 15 is 0 Å². The number of aliphatic hydroxyl groups excluding tert-OH is 2. The van der Waals surface area contributed by atoms with Crippen molar-refractivity contribution < 1.29 is 10.2 Å². The Bertz CT molecular complexity index is 191. The van der Waals surface area contributed by atoms with Crippen molar-refractivity contribution >= 4 is 0 Å². The molecule has 0 radical (unpaired) electrons. The van der Waals surface area contributed by atoms with Gasteiger partial charge in [0.1, 0.15) is 0 Å². The van der Waals surface area contributed by atoms with Gasteiger partial charge in [-0.05, 0) is 32.6 Å². The molecule has 0 aromatic rings. The second-order valence-electron chi connectivity index (χ2n) is 5.71. The van der Waals surface area contributed by atoms with Gasteiger partial charge in [0, 0.05) is 25.7 Å². The maximum atomic E-state index is 10.1. The van der Waals surface area contributed by atoms with Crippen molar-refractivity contribution in [1.29, 1.82) is 0 Å². The Kier molecular flexibility index (Phi) is 7.09. The summed E-state index contributed by atoms with van der Waals surface area (Å²) in [4.78, 5) is 2.27. The van der Waals surface area contributed by atoms with Crippen LogP contribution in [0, 0.1) is 5.92 Å². The molecular formula is C14H29NO2. The molecule has 3 heteroatoms. The van der Waals surface area contributed by atoms with E-state index < -0.39 is 0 Å². The second kappa shape index (κ2) is 8.06. The highest BCUT2D eigenvalue weighted by Crippen LogP contribution is 2.28. The van der Waals surface area contributed by atoms with Crippen molar-refractivity contribution in [3.05, 3.63) is 0 Å². The molecule has 0 amide bonds. The van der Waals surface area contributed by atoms with Gasteiger partial charge in [-0.1, -0.05) is 25.7 Å². The highest BCUT2D eigenvalue weighted by atomic mass is 16.3. The van der Waals surface area contributed by atoms with E-state index in [9.17, 15) is 5.11 Å². The smallest absolute Gasteiger partial charge is 0.0669 e. The van der Waals surface area contributed by atoms with Crippen molar-refractivity contribution in [2.24, 2.45) is 5.92 Å². The summed E-state index contributed by atoms with van der Waals surface area (Å²) in [5.74, 6) is 0.747. The molecule has 1 atom stereocenters. The van der Waals surface area contributed by atoms with Gasteiger partial charge in [-0.25, -0.2) is 0 Å². The molecule has 1 fully saturated rings. The van der Waals surface area contributed by atoms with E-state index in [4.69, 9.17) is 5.11 Å². The van der Waals surface area contributed by atoms with Crippen molar-refractivity contribution in [3.63, 3.8) is 0 Å². The largest absolute Gasteiger partial charge is 0.396 e. The van der Waals surface area contributed by atoms with E-state index in [1.807, 2.05) is 0 Å². The van der Waals surface area contributed by atoms with Gasteiger partial charge < -0.3 is 10.2 Å². The summed E-state index contributed by atoms with van der Waals surface area (Å²) < 4.78 is 0. The normalized spacial score (nSPS) is 19.4. The zero-order valence-corrected chi connectivity index (χ0v) is 11.4. The number of nitrogens with zero attached hydrogens (tertiary/aromatic N) is 1. The second-order valence-corrected chi connectivity index (χ2v) is 5.71. The molecule has 0 bridgehead atoms. The molecule has 2 N–H and O–H groups in total. The van der Waals surface area contributed by atoms with E-state index in [0.29, 0.717) is 6.04 Å². The summed E-state index contributed by atoms with van der Waals surface area (Å²) in [6.45, 7) is 6.19. The molecule has 0 aromatic heterocycles. The van der Waals surface area contributed by atoms with Crippen LogP contribution < -0.4 is 0 Å². The first kappa shape index (κ1) is 14.9. The standard InChI is InChI=1S/C14H29NO2/c1-12(2)15(8-5-9-16)11-14(17)10-13-6-3-4-7-13/h12-14,16-17H,3-11H2,1-2H3. The minimum Gasteiger partial charge on any atom is -0.396 e. The summed E-state index contributed by atoms with van der Waals surface area (Å²) in [7, 11) is 0. The molecule has 1 unspecified atom stereocenters. The molecular weight excluding hydrogens is 214 g/mol. The van der Waals surface area contributed by atoms with Crippen LogP contribution in [-0.4, -0.2) is 47.0 Å². The Hall–Kier alpha value is -0.120. The third-order valence-electron chi connectivity index (χ3n) is 3.86. The summed E-state index contributed by atoms with van der Waals surface area (Å²) in [5, 5.41) is 19.0. The van der Waals surface area contributed by atoms with Crippen LogP contribution in [0.25, 0.3) is 0 Å². The van der Waals surface area contributed by atoms with Crippen LogP contribution in [0.5, 0.6) is 0 Å². The van der Waals surface area contributed by atoms with Crippen LogP contribution in [0.1, 0.15) is 52.4 Å². The summed E-state index contributed by atoms with van der Waals surface area (Å²) in [6, 6.07) is 0.444. The summed E-state index contributed by atoms with van der Waals surface area (Å²) >= 11 is 0. The van der Waals surface area contributed by atoms with Crippen LogP contribution in [0.15, 0.2) is 0 Å². The van der Waals surface area contributed by atoms with Crippen molar-refractivity contribution in [2.75, 3.05) is 19.7 Å². The Balaban J connectivity index is 2.26. The van der Waals surface area contributed by atoms with Gasteiger partial charge in [-0.15, -0.1) is 0 Å².